The van der Waals surface area contributed by atoms with Crippen molar-refractivity contribution in [3.8, 4) is 6.07 Å². The first kappa shape index (κ1) is 11.5. The van der Waals surface area contributed by atoms with E-state index in [1.54, 1.807) is 6.07 Å². The fraction of sp³-hybridized carbons (Fsp3) is 0.111. The van der Waals surface area contributed by atoms with Crippen molar-refractivity contribution in [3.63, 3.8) is 0 Å². The minimum atomic E-state index is -4.66. The molecule has 0 heterocycles. The number of hydrogen-bond acceptors (Lipinski definition) is 2. The van der Waals surface area contributed by atoms with Crippen molar-refractivity contribution in [2.45, 2.75) is 6.18 Å². The van der Waals surface area contributed by atoms with Gasteiger partial charge in [-0.3, -0.25) is 0 Å². The Balaban J connectivity index is 3.04. The van der Waals surface area contributed by atoms with E-state index in [1.807, 2.05) is 0 Å². The van der Waals surface area contributed by atoms with E-state index in [0.29, 0.717) is 0 Å². The lowest BCUT2D eigenvalue weighted by Crippen LogP contribution is -2.16. The monoisotopic (exact) mass is 232 g/mol. The molecular weight excluding hydrogens is 229 g/mol. The highest BCUT2D eigenvalue weighted by Gasteiger charge is 2.34. The summed E-state index contributed by atoms with van der Waals surface area (Å²) in [6.07, 6.45) is -4.66. The molecule has 1 rings (SSSR count). The van der Waals surface area contributed by atoms with Gasteiger partial charge in [-0.1, -0.05) is 17.7 Å². The molecule has 1 aromatic carbocycles. The van der Waals surface area contributed by atoms with E-state index in [2.05, 4.69) is 4.99 Å². The fourth-order valence-electron chi connectivity index (χ4n) is 0.822. The van der Waals surface area contributed by atoms with Crippen molar-refractivity contribution < 1.29 is 13.2 Å². The van der Waals surface area contributed by atoms with Crippen molar-refractivity contribution in [1.82, 2.24) is 0 Å². The lowest BCUT2D eigenvalue weighted by atomic mass is 10.2. The summed E-state index contributed by atoms with van der Waals surface area (Å²) in [5.74, 6) is 0. The Morgan fingerprint density at radius 1 is 1.40 bits per heavy atom. The van der Waals surface area contributed by atoms with Gasteiger partial charge in [0.2, 0.25) is 5.17 Å². The summed E-state index contributed by atoms with van der Waals surface area (Å²) in [7, 11) is 0. The largest absolute Gasteiger partial charge is 0.444 e. The molecule has 0 bridgehead atoms. The second-order valence-electron chi connectivity index (χ2n) is 2.56. The van der Waals surface area contributed by atoms with Gasteiger partial charge in [0.05, 0.1) is 17.3 Å². The Hall–Kier alpha value is -1.54. The molecule has 0 aromatic heterocycles. The number of halogens is 4. The third-order valence-electron chi connectivity index (χ3n) is 1.44. The Morgan fingerprint density at radius 3 is 2.60 bits per heavy atom. The molecule has 0 atom stereocenters. The first-order chi connectivity index (χ1) is 6.93. The highest BCUT2D eigenvalue weighted by Crippen LogP contribution is 2.24. The first-order valence-electron chi connectivity index (χ1n) is 3.75. The van der Waals surface area contributed by atoms with Gasteiger partial charge in [-0.25, -0.2) is 4.99 Å². The number of nitrogens with zero attached hydrogens (tertiary/aromatic N) is 2. The molecule has 0 saturated heterocycles. The molecule has 0 aliphatic carbocycles. The molecule has 0 aliphatic heterocycles. The third kappa shape index (κ3) is 3.26. The Morgan fingerprint density at radius 2 is 2.07 bits per heavy atom. The summed E-state index contributed by atoms with van der Waals surface area (Å²) in [6.45, 7) is 0. The molecule has 0 N–H and O–H groups in total. The van der Waals surface area contributed by atoms with E-state index in [4.69, 9.17) is 16.9 Å². The van der Waals surface area contributed by atoms with Gasteiger partial charge in [0.25, 0.3) is 0 Å². The van der Waals surface area contributed by atoms with Crippen molar-refractivity contribution in [1.29, 1.82) is 5.26 Å². The van der Waals surface area contributed by atoms with Crippen LogP contribution >= 0.6 is 11.6 Å². The number of benzene rings is 1. The molecule has 1 aromatic rings. The van der Waals surface area contributed by atoms with Gasteiger partial charge in [-0.2, -0.15) is 18.4 Å². The Bertz CT molecular complexity index is 432. The molecule has 15 heavy (non-hydrogen) atoms. The molecule has 78 valence electrons. The van der Waals surface area contributed by atoms with Crippen LogP contribution in [0.5, 0.6) is 0 Å². The van der Waals surface area contributed by atoms with E-state index in [-0.39, 0.29) is 11.3 Å². The maximum atomic E-state index is 12.0. The van der Waals surface area contributed by atoms with Crippen LogP contribution in [0.1, 0.15) is 5.56 Å². The molecule has 0 unspecified atom stereocenters. The second kappa shape index (κ2) is 4.32. The lowest BCUT2D eigenvalue weighted by Gasteiger charge is -2.02. The molecule has 0 fully saturated rings. The van der Waals surface area contributed by atoms with E-state index in [0.717, 1.165) is 0 Å². The van der Waals surface area contributed by atoms with E-state index < -0.39 is 11.3 Å². The zero-order chi connectivity index (χ0) is 11.5. The van der Waals surface area contributed by atoms with Gasteiger partial charge >= 0.3 is 6.18 Å². The van der Waals surface area contributed by atoms with Gasteiger partial charge in [0.15, 0.2) is 0 Å². The molecule has 2 nitrogen and oxygen atoms in total. The normalized spacial score (nSPS) is 12.3. The van der Waals surface area contributed by atoms with Crippen molar-refractivity contribution in [3.05, 3.63) is 29.8 Å². The van der Waals surface area contributed by atoms with Crippen LogP contribution in [0, 0.1) is 11.3 Å². The van der Waals surface area contributed by atoms with E-state index >= 15 is 0 Å². The summed E-state index contributed by atoms with van der Waals surface area (Å²) in [6, 6.07) is 7.22. The maximum Gasteiger partial charge on any atom is 0.444 e. The van der Waals surface area contributed by atoms with Gasteiger partial charge in [0.1, 0.15) is 0 Å². The molecule has 0 aliphatic rings. The standard InChI is InChI=1S/C9H4ClF3N2/c10-8(9(11,12)13)15-7-3-1-2-6(4-7)5-14/h1-4H. The van der Waals surface area contributed by atoms with Crippen LogP contribution in [0.3, 0.4) is 0 Å². The van der Waals surface area contributed by atoms with Crippen LogP contribution in [0.2, 0.25) is 0 Å². The summed E-state index contributed by atoms with van der Waals surface area (Å²) in [5, 5.41) is 7.04. The van der Waals surface area contributed by atoms with E-state index in [9.17, 15) is 13.2 Å². The van der Waals surface area contributed by atoms with E-state index in [1.165, 1.54) is 24.3 Å². The van der Waals surface area contributed by atoms with Crippen LogP contribution in [0.15, 0.2) is 29.3 Å². The Kier molecular flexibility index (Phi) is 3.32. The lowest BCUT2D eigenvalue weighted by molar-refractivity contribution is -0.0558. The van der Waals surface area contributed by atoms with Crippen LogP contribution in [-0.4, -0.2) is 11.3 Å². The molecule has 0 amide bonds. The van der Waals surface area contributed by atoms with Crippen molar-refractivity contribution >= 4 is 22.5 Å². The minimum absolute atomic E-state index is 0.00336. The SMILES string of the molecule is N#Cc1cccc(N=C(Cl)C(F)(F)F)c1. The van der Waals surface area contributed by atoms with Crippen LogP contribution in [-0.2, 0) is 0 Å². The summed E-state index contributed by atoms with van der Waals surface area (Å²) in [5.41, 5.74) is 0.222. The number of aliphatic imine (C=N–C) groups is 1. The first-order valence-corrected chi connectivity index (χ1v) is 4.13. The van der Waals surface area contributed by atoms with Gasteiger partial charge in [-0.15, -0.1) is 0 Å². The van der Waals surface area contributed by atoms with Gasteiger partial charge in [0, 0.05) is 0 Å². The number of rotatable bonds is 1. The average molecular weight is 233 g/mol. The molecular formula is C9H4ClF3N2. The zero-order valence-corrected chi connectivity index (χ0v) is 7.97. The zero-order valence-electron chi connectivity index (χ0n) is 7.22. The van der Waals surface area contributed by atoms with Crippen LogP contribution < -0.4 is 0 Å². The predicted octanol–water partition coefficient (Wildman–Crippen LogP) is 3.39. The number of nitriles is 1. The highest BCUT2D eigenvalue weighted by molar-refractivity contribution is 6.67. The molecule has 0 saturated carbocycles. The Labute approximate surface area is 88.6 Å². The van der Waals surface area contributed by atoms with Crippen molar-refractivity contribution in [2.75, 3.05) is 0 Å². The maximum absolute atomic E-state index is 12.0. The average Bonchev–Trinajstić information content (AvgIpc) is 2.16. The highest BCUT2D eigenvalue weighted by atomic mass is 35.5. The van der Waals surface area contributed by atoms with Crippen LogP contribution in [0.25, 0.3) is 0 Å². The topological polar surface area (TPSA) is 36.1 Å². The smallest absolute Gasteiger partial charge is 0.232 e. The third-order valence-corrected chi connectivity index (χ3v) is 1.74. The number of hydrogen-bond donors (Lipinski definition) is 0. The molecule has 6 heteroatoms. The fourth-order valence-corrected chi connectivity index (χ4v) is 0.919. The number of alkyl halides is 3. The summed E-state index contributed by atoms with van der Waals surface area (Å²) < 4.78 is 36.0. The van der Waals surface area contributed by atoms with Crippen molar-refractivity contribution in [2.24, 2.45) is 4.99 Å². The summed E-state index contributed by atoms with van der Waals surface area (Å²) in [4.78, 5) is 3.14. The molecule has 0 radical (unpaired) electrons. The van der Waals surface area contributed by atoms with Crippen LogP contribution in [0.4, 0.5) is 18.9 Å². The molecule has 0 spiro atoms. The second-order valence-corrected chi connectivity index (χ2v) is 2.92. The minimum Gasteiger partial charge on any atom is -0.232 e. The predicted molar refractivity (Wildman–Crippen MR) is 50.2 cm³/mol. The summed E-state index contributed by atoms with van der Waals surface area (Å²) >= 11 is 4.93. The quantitative estimate of drug-likeness (QED) is 0.684. The van der Waals surface area contributed by atoms with Gasteiger partial charge < -0.3 is 0 Å². The van der Waals surface area contributed by atoms with Gasteiger partial charge in [-0.05, 0) is 18.2 Å².